The zero-order valence-corrected chi connectivity index (χ0v) is 14.9. The Morgan fingerprint density at radius 2 is 1.63 bits per heavy atom. The van der Waals surface area contributed by atoms with Gasteiger partial charge in [-0.2, -0.15) is 0 Å². The molecule has 1 unspecified atom stereocenters. The van der Waals surface area contributed by atoms with Gasteiger partial charge in [-0.1, -0.05) is 24.3 Å². The smallest absolute Gasteiger partial charge is 0.180 e. The summed E-state index contributed by atoms with van der Waals surface area (Å²) in [5.74, 6) is 2.09. The summed E-state index contributed by atoms with van der Waals surface area (Å²) >= 11 is 0. The van der Waals surface area contributed by atoms with Gasteiger partial charge in [0.2, 0.25) is 0 Å². The standard InChI is InChI=1S/C22H19N5/c1-2-9-19-17(7-1)22(26-21(25-19)20-10-4-6-13-24-20)27-14-11-16(15-27)18-8-3-5-12-23-18/h1-10,12-13,16H,11,14-15H2. The van der Waals surface area contributed by atoms with E-state index >= 15 is 0 Å². The highest BCUT2D eigenvalue weighted by molar-refractivity contribution is 5.91. The normalized spacial score (nSPS) is 16.7. The Labute approximate surface area is 157 Å². The van der Waals surface area contributed by atoms with Crippen LogP contribution in [0.15, 0.2) is 73.1 Å². The number of fused-ring (bicyclic) bond motifs is 1. The van der Waals surface area contributed by atoms with Gasteiger partial charge < -0.3 is 4.90 Å². The van der Waals surface area contributed by atoms with E-state index in [0.29, 0.717) is 11.7 Å². The largest absolute Gasteiger partial charge is 0.355 e. The van der Waals surface area contributed by atoms with Crippen LogP contribution in [0.25, 0.3) is 22.4 Å². The number of benzene rings is 1. The molecule has 1 aliphatic rings. The summed E-state index contributed by atoms with van der Waals surface area (Å²) < 4.78 is 0. The second-order valence-electron chi connectivity index (χ2n) is 6.79. The van der Waals surface area contributed by atoms with E-state index < -0.39 is 0 Å². The molecule has 5 nitrogen and oxygen atoms in total. The minimum atomic E-state index is 0.429. The fourth-order valence-electron chi connectivity index (χ4n) is 3.72. The van der Waals surface area contributed by atoms with E-state index in [1.165, 1.54) is 0 Å². The molecule has 132 valence electrons. The van der Waals surface area contributed by atoms with E-state index in [9.17, 15) is 0 Å². The maximum absolute atomic E-state index is 4.91. The molecule has 4 aromatic rings. The van der Waals surface area contributed by atoms with E-state index in [2.05, 4.69) is 33.1 Å². The molecule has 1 atom stereocenters. The van der Waals surface area contributed by atoms with Gasteiger partial charge in [-0.25, -0.2) is 9.97 Å². The minimum Gasteiger partial charge on any atom is -0.355 e. The summed E-state index contributed by atoms with van der Waals surface area (Å²) in [6, 6.07) is 20.2. The second-order valence-corrected chi connectivity index (χ2v) is 6.79. The van der Waals surface area contributed by atoms with Crippen LogP contribution < -0.4 is 4.90 Å². The van der Waals surface area contributed by atoms with Crippen molar-refractivity contribution in [3.8, 4) is 11.5 Å². The number of anilines is 1. The van der Waals surface area contributed by atoms with E-state index in [4.69, 9.17) is 9.97 Å². The van der Waals surface area contributed by atoms with E-state index in [-0.39, 0.29) is 0 Å². The molecule has 0 amide bonds. The van der Waals surface area contributed by atoms with Crippen molar-refractivity contribution in [1.29, 1.82) is 0 Å². The van der Waals surface area contributed by atoms with Crippen molar-refractivity contribution in [3.05, 3.63) is 78.8 Å². The first-order chi connectivity index (χ1) is 13.4. The molecular formula is C22H19N5. The zero-order valence-electron chi connectivity index (χ0n) is 14.9. The molecule has 1 aliphatic heterocycles. The van der Waals surface area contributed by atoms with Crippen LogP contribution in [0.2, 0.25) is 0 Å². The van der Waals surface area contributed by atoms with Crippen molar-refractivity contribution in [2.75, 3.05) is 18.0 Å². The third kappa shape index (κ3) is 3.01. The Hall–Kier alpha value is -3.34. The lowest BCUT2D eigenvalue weighted by atomic mass is 10.0. The predicted octanol–water partition coefficient (Wildman–Crippen LogP) is 4.08. The lowest BCUT2D eigenvalue weighted by Gasteiger charge is -2.20. The number of rotatable bonds is 3. The molecule has 1 fully saturated rings. The molecule has 5 heteroatoms. The average Bonchev–Trinajstić information content (AvgIpc) is 3.24. The van der Waals surface area contributed by atoms with Crippen LogP contribution >= 0.6 is 0 Å². The molecule has 5 rings (SSSR count). The van der Waals surface area contributed by atoms with E-state index in [0.717, 1.165) is 47.6 Å². The van der Waals surface area contributed by atoms with E-state index in [1.54, 1.807) is 6.20 Å². The first-order valence-corrected chi connectivity index (χ1v) is 9.22. The van der Waals surface area contributed by atoms with Gasteiger partial charge in [-0.05, 0) is 42.8 Å². The molecule has 1 saturated heterocycles. The molecule has 0 aliphatic carbocycles. The topological polar surface area (TPSA) is 54.8 Å². The Morgan fingerprint density at radius 1 is 0.815 bits per heavy atom. The van der Waals surface area contributed by atoms with Crippen molar-refractivity contribution >= 4 is 16.7 Å². The summed E-state index contributed by atoms with van der Waals surface area (Å²) in [6.07, 6.45) is 4.73. The average molecular weight is 353 g/mol. The van der Waals surface area contributed by atoms with Gasteiger partial charge in [0.1, 0.15) is 11.5 Å². The van der Waals surface area contributed by atoms with Crippen LogP contribution in [0.5, 0.6) is 0 Å². The Bertz CT molecular complexity index is 1070. The quantitative estimate of drug-likeness (QED) is 0.555. The molecular weight excluding hydrogens is 334 g/mol. The van der Waals surface area contributed by atoms with Crippen LogP contribution in [0.4, 0.5) is 5.82 Å². The number of para-hydroxylation sites is 1. The SMILES string of the molecule is c1ccc(-c2nc(N3CCC(c4ccccn4)C3)c3ccccc3n2)nc1. The van der Waals surface area contributed by atoms with Gasteiger partial charge in [0.05, 0.1) is 5.52 Å². The number of pyridine rings is 2. The highest BCUT2D eigenvalue weighted by Crippen LogP contribution is 2.33. The first kappa shape index (κ1) is 15.9. The molecule has 0 saturated carbocycles. The molecule has 0 radical (unpaired) electrons. The minimum absolute atomic E-state index is 0.429. The van der Waals surface area contributed by atoms with Gasteiger partial charge in [-0.15, -0.1) is 0 Å². The van der Waals surface area contributed by atoms with Crippen LogP contribution in [0.1, 0.15) is 18.0 Å². The van der Waals surface area contributed by atoms with Gasteiger partial charge >= 0.3 is 0 Å². The number of nitrogens with zero attached hydrogens (tertiary/aromatic N) is 5. The lowest BCUT2D eigenvalue weighted by molar-refractivity contribution is 0.744. The Morgan fingerprint density at radius 3 is 2.44 bits per heavy atom. The Balaban J connectivity index is 1.56. The highest BCUT2D eigenvalue weighted by Gasteiger charge is 2.27. The maximum Gasteiger partial charge on any atom is 0.180 e. The highest BCUT2D eigenvalue weighted by atomic mass is 15.2. The van der Waals surface area contributed by atoms with Crippen molar-refractivity contribution in [1.82, 2.24) is 19.9 Å². The fraction of sp³-hybridized carbons (Fsp3) is 0.182. The van der Waals surface area contributed by atoms with Crippen LogP contribution in [-0.4, -0.2) is 33.0 Å². The van der Waals surface area contributed by atoms with Gasteiger partial charge in [0, 0.05) is 42.5 Å². The number of hydrogen-bond acceptors (Lipinski definition) is 5. The summed E-state index contributed by atoms with van der Waals surface area (Å²) in [5, 5.41) is 1.08. The molecule has 0 bridgehead atoms. The summed E-state index contributed by atoms with van der Waals surface area (Å²) in [6.45, 7) is 1.88. The third-order valence-corrected chi connectivity index (χ3v) is 5.07. The van der Waals surface area contributed by atoms with Crippen LogP contribution in [0.3, 0.4) is 0 Å². The first-order valence-electron chi connectivity index (χ1n) is 9.22. The predicted molar refractivity (Wildman–Crippen MR) is 107 cm³/mol. The number of aromatic nitrogens is 4. The molecule has 0 N–H and O–H groups in total. The van der Waals surface area contributed by atoms with Gasteiger partial charge in [0.25, 0.3) is 0 Å². The monoisotopic (exact) mass is 353 g/mol. The van der Waals surface area contributed by atoms with Crippen molar-refractivity contribution < 1.29 is 0 Å². The zero-order chi connectivity index (χ0) is 18.1. The fourth-order valence-corrected chi connectivity index (χ4v) is 3.72. The van der Waals surface area contributed by atoms with Crippen LogP contribution in [-0.2, 0) is 0 Å². The Kier molecular flexibility index (Phi) is 3.98. The second kappa shape index (κ2) is 6.76. The summed E-state index contributed by atoms with van der Waals surface area (Å²) in [4.78, 5) is 21.0. The maximum atomic E-state index is 4.91. The molecule has 4 heterocycles. The number of hydrogen-bond donors (Lipinski definition) is 0. The van der Waals surface area contributed by atoms with Crippen molar-refractivity contribution in [2.45, 2.75) is 12.3 Å². The molecule has 27 heavy (non-hydrogen) atoms. The lowest BCUT2D eigenvalue weighted by Crippen LogP contribution is -2.21. The molecule has 3 aromatic heterocycles. The van der Waals surface area contributed by atoms with Gasteiger partial charge in [0.15, 0.2) is 5.82 Å². The van der Waals surface area contributed by atoms with Crippen LogP contribution in [0, 0.1) is 0 Å². The van der Waals surface area contributed by atoms with Crippen molar-refractivity contribution in [3.63, 3.8) is 0 Å². The molecule has 0 spiro atoms. The third-order valence-electron chi connectivity index (χ3n) is 5.07. The van der Waals surface area contributed by atoms with Crippen molar-refractivity contribution in [2.24, 2.45) is 0 Å². The summed E-state index contributed by atoms with van der Waals surface area (Å²) in [5.41, 5.74) is 2.90. The molecule has 1 aromatic carbocycles. The summed E-state index contributed by atoms with van der Waals surface area (Å²) in [7, 11) is 0. The van der Waals surface area contributed by atoms with E-state index in [1.807, 2.05) is 48.7 Å². The van der Waals surface area contributed by atoms with Gasteiger partial charge in [-0.3, -0.25) is 9.97 Å².